The number of para-hydroxylation sites is 1. The van der Waals surface area contributed by atoms with Crippen LogP contribution in [0, 0.1) is 0 Å². The van der Waals surface area contributed by atoms with Crippen molar-refractivity contribution in [3.05, 3.63) is 30.3 Å². The lowest BCUT2D eigenvalue weighted by molar-refractivity contribution is -0.252. The van der Waals surface area contributed by atoms with Crippen LogP contribution in [0.2, 0.25) is 0 Å². The molecule has 0 amide bonds. The zero-order valence-corrected chi connectivity index (χ0v) is 12.5. The van der Waals surface area contributed by atoms with Crippen LogP contribution in [-0.2, 0) is 33.3 Å². The maximum atomic E-state index is 10.8. The van der Waals surface area contributed by atoms with E-state index >= 15 is 0 Å². The number of ether oxygens (including phenoxy) is 4. The third kappa shape index (κ3) is 4.21. The largest absolute Gasteiger partial charge is 0.465 e. The Bertz CT molecular complexity index is 540. The fourth-order valence-corrected chi connectivity index (χ4v) is 2.52. The van der Waals surface area contributed by atoms with Crippen molar-refractivity contribution in [2.75, 3.05) is 11.9 Å². The molecule has 0 unspecified atom stereocenters. The van der Waals surface area contributed by atoms with Crippen LogP contribution in [0.4, 0.5) is 5.69 Å². The molecule has 1 saturated heterocycles. The first-order chi connectivity index (χ1) is 11.7. The van der Waals surface area contributed by atoms with Crippen molar-refractivity contribution in [3.63, 3.8) is 0 Å². The molecule has 1 aromatic rings. The van der Waals surface area contributed by atoms with Crippen LogP contribution >= 0.6 is 0 Å². The number of hydrogen-bond donors (Lipinski definition) is 2. The second kappa shape index (κ2) is 8.85. The second-order valence-corrected chi connectivity index (χ2v) is 4.92. The first-order valence-electron chi connectivity index (χ1n) is 7.09. The van der Waals surface area contributed by atoms with E-state index in [1.165, 1.54) is 0 Å². The highest BCUT2D eigenvalue weighted by Crippen LogP contribution is 2.27. The van der Waals surface area contributed by atoms with Crippen molar-refractivity contribution in [1.82, 2.24) is 0 Å². The highest BCUT2D eigenvalue weighted by molar-refractivity contribution is 5.46. The zero-order chi connectivity index (χ0) is 17.4. The lowest BCUT2D eigenvalue weighted by Crippen LogP contribution is -2.62. The van der Waals surface area contributed by atoms with Gasteiger partial charge in [0.15, 0.2) is 18.5 Å². The smallest absolute Gasteiger partial charge is 0.293 e. The molecule has 2 N–H and O–H groups in total. The van der Waals surface area contributed by atoms with E-state index in [1.807, 2.05) is 6.07 Å². The van der Waals surface area contributed by atoms with Crippen LogP contribution < -0.4 is 5.32 Å². The molecule has 0 aromatic heterocycles. The average molecular weight is 339 g/mol. The summed E-state index contributed by atoms with van der Waals surface area (Å²) in [7, 11) is 0. The summed E-state index contributed by atoms with van der Waals surface area (Å²) in [5.74, 6) is 0. The Kier molecular flexibility index (Phi) is 6.52. The second-order valence-electron chi connectivity index (χ2n) is 4.92. The van der Waals surface area contributed by atoms with Gasteiger partial charge in [-0.1, -0.05) is 18.2 Å². The van der Waals surface area contributed by atoms with Gasteiger partial charge in [0.05, 0.1) is 0 Å². The monoisotopic (exact) mass is 339 g/mol. The fourth-order valence-electron chi connectivity index (χ4n) is 2.52. The number of nitrogens with one attached hydrogen (secondary N) is 1. The van der Waals surface area contributed by atoms with Crippen molar-refractivity contribution < 1.29 is 38.4 Å². The standard InChI is InChI=1S/C15H17NO8/c17-7-21-6-11-13(22-8-18)14(23-9-19)12(15(20)24-11)16-10-4-2-1-3-5-10/h1-5,7-9,11-16,20H,6H2/t11-,12-,13+,14-,15-/m0/s1. The zero-order valence-electron chi connectivity index (χ0n) is 12.5. The summed E-state index contributed by atoms with van der Waals surface area (Å²) in [4.78, 5) is 32.0. The van der Waals surface area contributed by atoms with Crippen LogP contribution in [-0.4, -0.2) is 61.8 Å². The molecule has 0 saturated carbocycles. The van der Waals surface area contributed by atoms with Crippen LogP contribution in [0.15, 0.2) is 30.3 Å². The van der Waals surface area contributed by atoms with Gasteiger partial charge in [-0.2, -0.15) is 0 Å². The van der Waals surface area contributed by atoms with Gasteiger partial charge in [-0.15, -0.1) is 0 Å². The molecule has 0 spiro atoms. The Balaban J connectivity index is 2.23. The molecule has 0 radical (unpaired) electrons. The van der Waals surface area contributed by atoms with Gasteiger partial charge in [0.25, 0.3) is 19.4 Å². The minimum absolute atomic E-state index is 0.167. The summed E-state index contributed by atoms with van der Waals surface area (Å²) in [6.07, 6.45) is -4.52. The minimum atomic E-state index is -1.40. The molecule has 5 atom stereocenters. The quantitative estimate of drug-likeness (QED) is 0.450. The lowest BCUT2D eigenvalue weighted by Gasteiger charge is -2.42. The molecule has 9 nitrogen and oxygen atoms in total. The van der Waals surface area contributed by atoms with Gasteiger partial charge in [0.2, 0.25) is 0 Å². The normalized spacial score (nSPS) is 29.1. The first-order valence-corrected chi connectivity index (χ1v) is 7.09. The Hall–Kier alpha value is -2.65. The van der Waals surface area contributed by atoms with Crippen molar-refractivity contribution in [3.8, 4) is 0 Å². The summed E-state index contributed by atoms with van der Waals surface area (Å²) in [6, 6.07) is 7.92. The van der Waals surface area contributed by atoms with Crippen molar-refractivity contribution in [1.29, 1.82) is 0 Å². The van der Waals surface area contributed by atoms with Crippen molar-refractivity contribution in [2.45, 2.75) is 30.6 Å². The maximum Gasteiger partial charge on any atom is 0.293 e. The van der Waals surface area contributed by atoms with E-state index in [0.717, 1.165) is 0 Å². The summed E-state index contributed by atoms with van der Waals surface area (Å²) in [5.41, 5.74) is 0.636. The Morgan fingerprint density at radius 1 is 1.04 bits per heavy atom. The molecule has 1 aliphatic heterocycles. The number of benzene rings is 1. The third-order valence-corrected chi connectivity index (χ3v) is 3.53. The van der Waals surface area contributed by atoms with Crippen LogP contribution in [0.5, 0.6) is 0 Å². The molecule has 1 heterocycles. The van der Waals surface area contributed by atoms with Gasteiger partial charge in [-0.05, 0) is 12.1 Å². The molecule has 1 aliphatic rings. The number of carbonyl (C=O) groups excluding carboxylic acids is 3. The molecular formula is C15H17NO8. The lowest BCUT2D eigenvalue weighted by atomic mass is 9.96. The van der Waals surface area contributed by atoms with Crippen LogP contribution in [0.3, 0.4) is 0 Å². The molecule has 1 fully saturated rings. The summed E-state index contributed by atoms with van der Waals surface area (Å²) in [6.45, 7) is 0.259. The van der Waals surface area contributed by atoms with Gasteiger partial charge in [0.1, 0.15) is 18.8 Å². The van der Waals surface area contributed by atoms with Gasteiger partial charge in [-0.25, -0.2) is 0 Å². The first kappa shape index (κ1) is 17.7. The maximum absolute atomic E-state index is 10.8. The number of aliphatic hydroxyl groups excluding tert-OH is 1. The van der Waals surface area contributed by atoms with Crippen molar-refractivity contribution in [2.24, 2.45) is 0 Å². The average Bonchev–Trinajstić information content (AvgIpc) is 2.60. The number of rotatable bonds is 9. The van der Waals surface area contributed by atoms with E-state index in [0.29, 0.717) is 5.69 Å². The Morgan fingerprint density at radius 2 is 1.71 bits per heavy atom. The molecule has 2 rings (SSSR count). The molecule has 1 aromatic carbocycles. The summed E-state index contributed by atoms with van der Waals surface area (Å²) >= 11 is 0. The number of hydrogen-bond acceptors (Lipinski definition) is 9. The van der Waals surface area contributed by atoms with E-state index in [4.69, 9.17) is 14.2 Å². The third-order valence-electron chi connectivity index (χ3n) is 3.53. The molecule has 130 valence electrons. The summed E-state index contributed by atoms with van der Waals surface area (Å²) < 4.78 is 19.9. The van der Waals surface area contributed by atoms with E-state index in [1.54, 1.807) is 24.3 Å². The van der Waals surface area contributed by atoms with Gasteiger partial charge in [-0.3, -0.25) is 14.4 Å². The number of aliphatic hydroxyl groups is 1. The van der Waals surface area contributed by atoms with Gasteiger partial charge < -0.3 is 29.4 Å². The Morgan fingerprint density at radius 3 is 2.33 bits per heavy atom. The van der Waals surface area contributed by atoms with Gasteiger partial charge >= 0.3 is 0 Å². The highest BCUT2D eigenvalue weighted by Gasteiger charge is 2.48. The Labute approximate surface area is 137 Å². The molecule has 0 bridgehead atoms. The molecule has 0 aliphatic carbocycles. The number of anilines is 1. The highest BCUT2D eigenvalue weighted by atomic mass is 16.7. The number of carbonyl (C=O) groups is 3. The molecule has 24 heavy (non-hydrogen) atoms. The summed E-state index contributed by atoms with van der Waals surface area (Å²) in [5, 5.41) is 13.2. The topological polar surface area (TPSA) is 120 Å². The fraction of sp³-hybridized carbons (Fsp3) is 0.400. The van der Waals surface area contributed by atoms with Gasteiger partial charge in [0, 0.05) is 5.69 Å². The molecule has 9 heteroatoms. The molecular weight excluding hydrogens is 322 g/mol. The predicted octanol–water partition coefficient (Wildman–Crippen LogP) is -0.560. The van der Waals surface area contributed by atoms with Crippen molar-refractivity contribution >= 4 is 25.1 Å². The van der Waals surface area contributed by atoms with E-state index < -0.39 is 30.6 Å². The minimum Gasteiger partial charge on any atom is -0.465 e. The van der Waals surface area contributed by atoms with E-state index in [-0.39, 0.29) is 26.0 Å². The van der Waals surface area contributed by atoms with E-state index in [2.05, 4.69) is 10.1 Å². The van der Waals surface area contributed by atoms with Crippen LogP contribution in [0.25, 0.3) is 0 Å². The van der Waals surface area contributed by atoms with E-state index in [9.17, 15) is 19.5 Å². The van der Waals surface area contributed by atoms with Crippen LogP contribution in [0.1, 0.15) is 0 Å². The SMILES string of the molecule is O=COC[C@@H]1O[C@H](O)[C@@H](Nc2ccccc2)[C@H](OC=O)[C@@H]1OC=O. The predicted molar refractivity (Wildman–Crippen MR) is 78.6 cm³/mol.